The maximum atomic E-state index is 11.5. The highest BCUT2D eigenvalue weighted by molar-refractivity contribution is 5.66. The van der Waals surface area contributed by atoms with Crippen LogP contribution in [0.5, 0.6) is 0 Å². The molecule has 0 aromatic carbocycles. The molecule has 0 radical (unpaired) electrons. The number of halogens is 1. The molecule has 0 spiro atoms. The van der Waals surface area contributed by atoms with E-state index < -0.39 is 24.1 Å². The van der Waals surface area contributed by atoms with Crippen molar-refractivity contribution in [3.8, 4) is 0 Å². The first-order valence-electron chi connectivity index (χ1n) is 4.38. The number of aliphatic hydroxyl groups is 1. The number of amides is 1. The fourth-order valence-electron chi connectivity index (χ4n) is 0.399. The molecule has 1 amide bonds. The van der Waals surface area contributed by atoms with Crippen LogP contribution in [-0.4, -0.2) is 23.4 Å². The Kier molecular flexibility index (Phi) is 8.90. The number of ether oxygens (including phenoxy) is 1. The second kappa shape index (κ2) is 8.19. The van der Waals surface area contributed by atoms with Gasteiger partial charge in [0.15, 0.2) is 0 Å². The second-order valence-electron chi connectivity index (χ2n) is 3.54. The van der Waals surface area contributed by atoms with Crippen molar-refractivity contribution in [2.45, 2.75) is 33.3 Å². The number of aliphatic hydroxyl groups excluding tert-OH is 1. The Bertz CT molecular complexity index is 212. The molecular formula is C9H19FN2O3. The molecule has 6 heteroatoms. The largest absolute Gasteiger partial charge is 0.443 e. The van der Waals surface area contributed by atoms with Gasteiger partial charge >= 0.3 is 6.09 Å². The zero-order valence-electron chi connectivity index (χ0n) is 9.50. The normalized spacial score (nSPS) is 11.3. The number of allylic oxidation sites excluding steroid dienone is 1. The fraction of sp³-hybridized carbons (Fsp3) is 0.667. The summed E-state index contributed by atoms with van der Waals surface area (Å²) in [4.78, 5) is 10.4. The maximum absolute atomic E-state index is 11.5. The molecule has 0 saturated heterocycles. The van der Waals surface area contributed by atoms with Crippen LogP contribution in [0.1, 0.15) is 27.7 Å². The molecule has 0 aliphatic rings. The van der Waals surface area contributed by atoms with Crippen molar-refractivity contribution < 1.29 is 19.0 Å². The van der Waals surface area contributed by atoms with E-state index in [0.29, 0.717) is 0 Å². The van der Waals surface area contributed by atoms with E-state index in [1.807, 2.05) is 5.43 Å². The number of rotatable bonds is 1. The van der Waals surface area contributed by atoms with Crippen molar-refractivity contribution in [1.29, 1.82) is 0 Å². The molecule has 0 atom stereocenters. The number of nitrogens with one attached hydrogen (secondary N) is 1. The van der Waals surface area contributed by atoms with E-state index in [-0.39, 0.29) is 0 Å². The third-order valence-electron chi connectivity index (χ3n) is 0.981. The minimum atomic E-state index is -0.609. The van der Waals surface area contributed by atoms with Gasteiger partial charge in [0.2, 0.25) is 0 Å². The molecule has 90 valence electrons. The Labute approximate surface area is 89.1 Å². The first kappa shape index (κ1) is 16.3. The van der Waals surface area contributed by atoms with Crippen molar-refractivity contribution in [3.63, 3.8) is 0 Å². The SMILES string of the molecule is C/C=C(\F)CO.CC(C)(C)OC(=O)NN. The van der Waals surface area contributed by atoms with Crippen molar-refractivity contribution in [1.82, 2.24) is 5.43 Å². The topological polar surface area (TPSA) is 84.6 Å². The molecule has 0 aliphatic carbocycles. The Hall–Kier alpha value is -1.14. The number of carbonyl (C=O) groups excluding carboxylic acids is 1. The summed E-state index contributed by atoms with van der Waals surface area (Å²) in [6.45, 7) is 6.36. The summed E-state index contributed by atoms with van der Waals surface area (Å²) in [5.74, 6) is 4.28. The predicted octanol–water partition coefficient (Wildman–Crippen LogP) is 1.24. The highest BCUT2D eigenvalue weighted by Gasteiger charge is 2.14. The van der Waals surface area contributed by atoms with Gasteiger partial charge in [-0.25, -0.2) is 15.0 Å². The lowest BCUT2D eigenvalue weighted by Crippen LogP contribution is -2.36. The quantitative estimate of drug-likeness (QED) is 0.354. The molecule has 0 saturated carbocycles. The van der Waals surface area contributed by atoms with E-state index >= 15 is 0 Å². The van der Waals surface area contributed by atoms with Crippen LogP contribution in [0.25, 0.3) is 0 Å². The molecule has 0 heterocycles. The van der Waals surface area contributed by atoms with E-state index in [1.165, 1.54) is 13.0 Å². The van der Waals surface area contributed by atoms with E-state index in [9.17, 15) is 9.18 Å². The fourth-order valence-corrected chi connectivity index (χ4v) is 0.399. The van der Waals surface area contributed by atoms with Crippen LogP contribution in [0.15, 0.2) is 11.9 Å². The van der Waals surface area contributed by atoms with Gasteiger partial charge in [-0.05, 0) is 27.7 Å². The Morgan fingerprint density at radius 1 is 1.60 bits per heavy atom. The van der Waals surface area contributed by atoms with Gasteiger partial charge in [0.05, 0.1) is 6.61 Å². The summed E-state index contributed by atoms with van der Waals surface area (Å²) in [6.07, 6.45) is 0.613. The van der Waals surface area contributed by atoms with Gasteiger partial charge in [0.25, 0.3) is 0 Å². The molecule has 5 nitrogen and oxygen atoms in total. The van der Waals surface area contributed by atoms with Crippen LogP contribution in [-0.2, 0) is 4.74 Å². The molecule has 0 aromatic rings. The summed E-state index contributed by atoms with van der Waals surface area (Å²) in [6, 6.07) is 0. The van der Waals surface area contributed by atoms with Gasteiger partial charge < -0.3 is 9.84 Å². The summed E-state index contributed by atoms with van der Waals surface area (Å²) in [5.41, 5.74) is 1.39. The molecule has 0 aromatic heterocycles. The molecule has 0 bridgehead atoms. The smallest absolute Gasteiger partial charge is 0.421 e. The highest BCUT2D eigenvalue weighted by atomic mass is 19.1. The first-order valence-corrected chi connectivity index (χ1v) is 4.38. The number of nitrogens with two attached hydrogens (primary N) is 1. The summed E-state index contributed by atoms with van der Waals surface area (Å²) >= 11 is 0. The summed E-state index contributed by atoms with van der Waals surface area (Å²) in [5, 5.41) is 7.89. The van der Waals surface area contributed by atoms with E-state index in [2.05, 4.69) is 0 Å². The Balaban J connectivity index is 0. The molecule has 4 N–H and O–H groups in total. The minimum absolute atomic E-state index is 0.469. The summed E-state index contributed by atoms with van der Waals surface area (Å²) in [7, 11) is 0. The lowest BCUT2D eigenvalue weighted by molar-refractivity contribution is 0.0527. The zero-order chi connectivity index (χ0) is 12.5. The van der Waals surface area contributed by atoms with Gasteiger partial charge in [-0.1, -0.05) is 6.08 Å². The molecular weight excluding hydrogens is 203 g/mol. The Morgan fingerprint density at radius 2 is 2.07 bits per heavy atom. The number of hydrogen-bond acceptors (Lipinski definition) is 4. The summed E-state index contributed by atoms with van der Waals surface area (Å²) < 4.78 is 16.2. The molecule has 15 heavy (non-hydrogen) atoms. The first-order chi connectivity index (χ1) is 6.76. The van der Waals surface area contributed by atoms with E-state index in [0.717, 1.165) is 0 Å². The number of hydrogen-bond donors (Lipinski definition) is 3. The monoisotopic (exact) mass is 222 g/mol. The van der Waals surface area contributed by atoms with E-state index in [1.54, 1.807) is 20.8 Å². The van der Waals surface area contributed by atoms with Crippen molar-refractivity contribution in [3.05, 3.63) is 11.9 Å². The van der Waals surface area contributed by atoms with Crippen LogP contribution in [0.2, 0.25) is 0 Å². The van der Waals surface area contributed by atoms with E-state index in [4.69, 9.17) is 15.7 Å². The van der Waals surface area contributed by atoms with Crippen LogP contribution in [0.4, 0.5) is 9.18 Å². The zero-order valence-corrected chi connectivity index (χ0v) is 9.50. The Morgan fingerprint density at radius 3 is 2.13 bits per heavy atom. The average Bonchev–Trinajstić information content (AvgIpc) is 2.15. The van der Waals surface area contributed by atoms with Crippen LogP contribution in [0, 0.1) is 0 Å². The molecule has 0 unspecified atom stereocenters. The van der Waals surface area contributed by atoms with Crippen LogP contribution < -0.4 is 11.3 Å². The van der Waals surface area contributed by atoms with Gasteiger partial charge in [-0.3, -0.25) is 5.43 Å². The minimum Gasteiger partial charge on any atom is -0.443 e. The lowest BCUT2D eigenvalue weighted by atomic mass is 10.2. The maximum Gasteiger partial charge on any atom is 0.421 e. The van der Waals surface area contributed by atoms with Crippen LogP contribution in [0.3, 0.4) is 0 Å². The number of carbonyl (C=O) groups is 1. The lowest BCUT2D eigenvalue weighted by Gasteiger charge is -2.18. The number of hydrazine groups is 1. The average molecular weight is 222 g/mol. The third-order valence-corrected chi connectivity index (χ3v) is 0.981. The van der Waals surface area contributed by atoms with Gasteiger partial charge in [-0.2, -0.15) is 0 Å². The molecule has 0 fully saturated rings. The molecule has 0 aliphatic heterocycles. The van der Waals surface area contributed by atoms with Gasteiger partial charge in [0.1, 0.15) is 11.4 Å². The standard InChI is InChI=1S/C5H12N2O2.C4H7FO/c1-5(2,3)9-4(8)7-6;1-2-4(5)3-6/h6H2,1-3H3,(H,7,8);2,6H,3H2,1H3/b;4-2-. The van der Waals surface area contributed by atoms with Crippen molar-refractivity contribution in [2.24, 2.45) is 5.84 Å². The second-order valence-corrected chi connectivity index (χ2v) is 3.54. The van der Waals surface area contributed by atoms with Crippen molar-refractivity contribution >= 4 is 6.09 Å². The van der Waals surface area contributed by atoms with Crippen molar-refractivity contribution in [2.75, 3.05) is 6.61 Å². The molecule has 0 rings (SSSR count). The predicted molar refractivity (Wildman–Crippen MR) is 55.5 cm³/mol. The van der Waals surface area contributed by atoms with Gasteiger partial charge in [-0.15, -0.1) is 0 Å². The van der Waals surface area contributed by atoms with Crippen LogP contribution >= 0.6 is 0 Å². The van der Waals surface area contributed by atoms with Gasteiger partial charge in [0, 0.05) is 0 Å². The third kappa shape index (κ3) is 15.6. The highest BCUT2D eigenvalue weighted by Crippen LogP contribution is 2.05.